The molecule has 4 heteroatoms. The number of ether oxygens (including phenoxy) is 2. The summed E-state index contributed by atoms with van der Waals surface area (Å²) in [5.74, 6) is 0.0907. The van der Waals surface area contributed by atoms with Crippen LogP contribution in [0, 0.1) is 0 Å². The molecule has 1 aliphatic rings. The molecule has 14 heavy (non-hydrogen) atoms. The Labute approximate surface area is 82.9 Å². The molecule has 0 radical (unpaired) electrons. The van der Waals surface area contributed by atoms with Gasteiger partial charge in [0.05, 0.1) is 6.61 Å². The zero-order chi connectivity index (χ0) is 10.7. The Bertz CT molecular complexity index is 290. The van der Waals surface area contributed by atoms with Gasteiger partial charge in [-0.2, -0.15) is 0 Å². The molecule has 1 aliphatic heterocycles. The van der Waals surface area contributed by atoms with E-state index < -0.39 is 12.1 Å². The standard InChI is InChI=1S/C10H14O4/c1-4-13-10(12)9-5-8(6(2)11)7(3)14-9/h9H,4-5H2,1-3H3. The first kappa shape index (κ1) is 10.8. The topological polar surface area (TPSA) is 52.6 Å². The summed E-state index contributed by atoms with van der Waals surface area (Å²) in [6, 6.07) is 0. The van der Waals surface area contributed by atoms with Crippen molar-refractivity contribution in [3.8, 4) is 0 Å². The van der Waals surface area contributed by atoms with Crippen LogP contribution in [0.2, 0.25) is 0 Å². The number of esters is 1. The van der Waals surface area contributed by atoms with Gasteiger partial charge in [0.25, 0.3) is 0 Å². The van der Waals surface area contributed by atoms with Gasteiger partial charge in [0.2, 0.25) is 0 Å². The maximum atomic E-state index is 11.3. The lowest BCUT2D eigenvalue weighted by atomic mass is 10.1. The molecule has 0 saturated heterocycles. The summed E-state index contributed by atoms with van der Waals surface area (Å²) in [5, 5.41) is 0. The van der Waals surface area contributed by atoms with Crippen LogP contribution in [0.4, 0.5) is 0 Å². The van der Waals surface area contributed by atoms with Crippen molar-refractivity contribution < 1.29 is 19.1 Å². The van der Waals surface area contributed by atoms with Crippen molar-refractivity contribution in [2.45, 2.75) is 33.3 Å². The number of carbonyl (C=O) groups excluding carboxylic acids is 2. The lowest BCUT2D eigenvalue weighted by Crippen LogP contribution is -2.23. The van der Waals surface area contributed by atoms with Crippen molar-refractivity contribution in [3.05, 3.63) is 11.3 Å². The van der Waals surface area contributed by atoms with Crippen LogP contribution < -0.4 is 0 Å². The second-order valence-corrected chi connectivity index (χ2v) is 3.15. The summed E-state index contributed by atoms with van der Waals surface area (Å²) in [4.78, 5) is 22.4. The van der Waals surface area contributed by atoms with E-state index in [1.165, 1.54) is 6.92 Å². The van der Waals surface area contributed by atoms with Crippen LogP contribution in [0.1, 0.15) is 27.2 Å². The third kappa shape index (κ3) is 2.13. The van der Waals surface area contributed by atoms with E-state index in [4.69, 9.17) is 9.47 Å². The first-order chi connectivity index (χ1) is 6.56. The van der Waals surface area contributed by atoms with Gasteiger partial charge in [0.1, 0.15) is 5.76 Å². The first-order valence-electron chi connectivity index (χ1n) is 4.60. The van der Waals surface area contributed by atoms with Gasteiger partial charge in [-0.25, -0.2) is 4.79 Å². The second-order valence-electron chi connectivity index (χ2n) is 3.15. The minimum Gasteiger partial charge on any atom is -0.483 e. The monoisotopic (exact) mass is 198 g/mol. The molecule has 0 N–H and O–H groups in total. The normalized spacial score (nSPS) is 20.6. The van der Waals surface area contributed by atoms with Crippen molar-refractivity contribution in [1.29, 1.82) is 0 Å². The molecule has 0 aliphatic carbocycles. The van der Waals surface area contributed by atoms with Gasteiger partial charge in [-0.15, -0.1) is 0 Å². The van der Waals surface area contributed by atoms with Crippen LogP contribution in [0.3, 0.4) is 0 Å². The zero-order valence-corrected chi connectivity index (χ0v) is 8.62. The van der Waals surface area contributed by atoms with Crippen LogP contribution in [0.15, 0.2) is 11.3 Å². The molecule has 0 fully saturated rings. The highest BCUT2D eigenvalue weighted by molar-refractivity contribution is 5.95. The fourth-order valence-electron chi connectivity index (χ4n) is 1.41. The molecule has 1 rings (SSSR count). The van der Waals surface area contributed by atoms with Crippen molar-refractivity contribution in [2.75, 3.05) is 6.61 Å². The van der Waals surface area contributed by atoms with Gasteiger partial charge in [0, 0.05) is 12.0 Å². The zero-order valence-electron chi connectivity index (χ0n) is 8.62. The molecule has 0 saturated carbocycles. The van der Waals surface area contributed by atoms with Crippen molar-refractivity contribution in [2.24, 2.45) is 0 Å². The molecule has 0 aromatic carbocycles. The Kier molecular flexibility index (Phi) is 3.28. The van der Waals surface area contributed by atoms with Crippen LogP contribution in [-0.2, 0) is 19.1 Å². The molecule has 1 unspecified atom stereocenters. The van der Waals surface area contributed by atoms with Crippen molar-refractivity contribution >= 4 is 11.8 Å². The average molecular weight is 198 g/mol. The maximum absolute atomic E-state index is 11.3. The third-order valence-electron chi connectivity index (χ3n) is 2.11. The average Bonchev–Trinajstić information content (AvgIpc) is 2.48. The predicted molar refractivity (Wildman–Crippen MR) is 49.5 cm³/mol. The summed E-state index contributed by atoms with van der Waals surface area (Å²) in [7, 11) is 0. The smallest absolute Gasteiger partial charge is 0.347 e. The van der Waals surface area contributed by atoms with Crippen LogP contribution in [0.5, 0.6) is 0 Å². The Morgan fingerprint density at radius 2 is 2.21 bits per heavy atom. The number of hydrogen-bond acceptors (Lipinski definition) is 4. The minimum absolute atomic E-state index is 0.0469. The number of hydrogen-bond donors (Lipinski definition) is 0. The quantitative estimate of drug-likeness (QED) is 0.639. The lowest BCUT2D eigenvalue weighted by Gasteiger charge is -2.09. The van der Waals surface area contributed by atoms with E-state index in [9.17, 15) is 9.59 Å². The van der Waals surface area contributed by atoms with E-state index in [0.29, 0.717) is 24.4 Å². The number of Topliss-reactive ketones (excluding diaryl/α,β-unsaturated/α-hetero) is 1. The fourth-order valence-corrected chi connectivity index (χ4v) is 1.41. The van der Waals surface area contributed by atoms with Crippen LogP contribution >= 0.6 is 0 Å². The summed E-state index contributed by atoms with van der Waals surface area (Å²) >= 11 is 0. The SMILES string of the molecule is CCOC(=O)C1CC(C(C)=O)=C(C)O1. The van der Waals surface area contributed by atoms with E-state index in [1.807, 2.05) is 0 Å². The highest BCUT2D eigenvalue weighted by Gasteiger charge is 2.32. The summed E-state index contributed by atoms with van der Waals surface area (Å²) in [6.45, 7) is 5.22. The van der Waals surface area contributed by atoms with Gasteiger partial charge in [0.15, 0.2) is 11.9 Å². The first-order valence-corrected chi connectivity index (χ1v) is 4.60. The lowest BCUT2D eigenvalue weighted by molar-refractivity contribution is -0.152. The van der Waals surface area contributed by atoms with Gasteiger partial charge < -0.3 is 9.47 Å². The molecule has 0 bridgehead atoms. The molecular weight excluding hydrogens is 184 g/mol. The van der Waals surface area contributed by atoms with Gasteiger partial charge in [-0.1, -0.05) is 0 Å². The summed E-state index contributed by atoms with van der Waals surface area (Å²) in [5.41, 5.74) is 0.586. The van der Waals surface area contributed by atoms with Gasteiger partial charge >= 0.3 is 5.97 Å². The van der Waals surface area contributed by atoms with Crippen molar-refractivity contribution in [1.82, 2.24) is 0 Å². The highest BCUT2D eigenvalue weighted by Crippen LogP contribution is 2.25. The van der Waals surface area contributed by atoms with E-state index in [2.05, 4.69) is 0 Å². The van der Waals surface area contributed by atoms with Crippen LogP contribution in [-0.4, -0.2) is 24.5 Å². The largest absolute Gasteiger partial charge is 0.483 e. The maximum Gasteiger partial charge on any atom is 0.347 e. The summed E-state index contributed by atoms with van der Waals surface area (Å²) < 4.78 is 10.0. The number of ketones is 1. The molecule has 1 heterocycles. The van der Waals surface area contributed by atoms with Crippen molar-refractivity contribution in [3.63, 3.8) is 0 Å². The Hall–Kier alpha value is -1.32. The summed E-state index contributed by atoms with van der Waals surface area (Å²) in [6.07, 6.45) is -0.297. The fraction of sp³-hybridized carbons (Fsp3) is 0.600. The van der Waals surface area contributed by atoms with E-state index in [0.717, 1.165) is 0 Å². The molecule has 78 valence electrons. The van der Waals surface area contributed by atoms with Crippen LogP contribution in [0.25, 0.3) is 0 Å². The highest BCUT2D eigenvalue weighted by atomic mass is 16.6. The number of carbonyl (C=O) groups is 2. The second kappa shape index (κ2) is 4.26. The molecule has 0 spiro atoms. The predicted octanol–water partition coefficient (Wildman–Crippen LogP) is 1.20. The Balaban J connectivity index is 2.61. The molecule has 1 atom stereocenters. The van der Waals surface area contributed by atoms with Gasteiger partial charge in [-0.3, -0.25) is 4.79 Å². The molecule has 0 amide bonds. The number of rotatable bonds is 3. The Morgan fingerprint density at radius 3 is 2.64 bits per heavy atom. The minimum atomic E-state index is -0.631. The molecular formula is C10H14O4. The molecule has 0 aromatic heterocycles. The van der Waals surface area contributed by atoms with E-state index in [-0.39, 0.29) is 5.78 Å². The molecule has 4 nitrogen and oxygen atoms in total. The Morgan fingerprint density at radius 1 is 1.57 bits per heavy atom. The van der Waals surface area contributed by atoms with E-state index in [1.54, 1.807) is 13.8 Å². The third-order valence-corrected chi connectivity index (χ3v) is 2.11. The number of allylic oxidation sites excluding steroid dienone is 1. The van der Waals surface area contributed by atoms with Gasteiger partial charge in [-0.05, 0) is 20.8 Å². The van der Waals surface area contributed by atoms with E-state index >= 15 is 0 Å². The molecule has 0 aromatic rings.